The molecule has 0 bridgehead atoms. The fourth-order valence-corrected chi connectivity index (χ4v) is 4.92. The lowest BCUT2D eigenvalue weighted by Gasteiger charge is -2.28. The van der Waals surface area contributed by atoms with E-state index in [1.165, 1.54) is 25.0 Å². The van der Waals surface area contributed by atoms with E-state index < -0.39 is 17.7 Å². The van der Waals surface area contributed by atoms with Crippen LogP contribution in [-0.2, 0) is 0 Å². The van der Waals surface area contributed by atoms with Crippen LogP contribution in [0.25, 0.3) is 0 Å². The summed E-state index contributed by atoms with van der Waals surface area (Å²) in [6, 6.07) is 2.92. The molecule has 3 rings (SSSR count). The van der Waals surface area contributed by atoms with E-state index in [0.29, 0.717) is 25.7 Å². The molecule has 2 fully saturated rings. The van der Waals surface area contributed by atoms with E-state index in [2.05, 4.69) is 18.8 Å². The van der Waals surface area contributed by atoms with Gasteiger partial charge in [-0.15, -0.1) is 0 Å². The van der Waals surface area contributed by atoms with Crippen LogP contribution in [0.4, 0.5) is 17.6 Å². The normalized spacial score (nSPS) is 27.1. The van der Waals surface area contributed by atoms with Crippen LogP contribution >= 0.6 is 0 Å². The molecule has 0 atom stereocenters. The van der Waals surface area contributed by atoms with Gasteiger partial charge in [-0.25, -0.2) is 8.78 Å². The third-order valence-corrected chi connectivity index (χ3v) is 6.61. The van der Waals surface area contributed by atoms with Gasteiger partial charge in [0.1, 0.15) is 11.6 Å². The molecule has 158 valence electrons. The SMILES string of the molecule is CCC[C@H]1CC[C@H](c2cc(F)c(C#CC3CCC(C=C(F)F)CC3)c(F)c2)CC1. The highest BCUT2D eigenvalue weighted by atomic mass is 19.3. The molecular formula is C25H30F4. The first-order chi connectivity index (χ1) is 14.0. The van der Waals surface area contributed by atoms with E-state index in [-0.39, 0.29) is 23.3 Å². The fourth-order valence-electron chi connectivity index (χ4n) is 4.92. The van der Waals surface area contributed by atoms with Crippen LogP contribution in [0.2, 0.25) is 0 Å². The van der Waals surface area contributed by atoms with Crippen LogP contribution in [0.1, 0.15) is 88.2 Å². The van der Waals surface area contributed by atoms with Crippen LogP contribution in [0.15, 0.2) is 24.3 Å². The Kier molecular flexibility index (Phi) is 7.81. The summed E-state index contributed by atoms with van der Waals surface area (Å²) in [5.74, 6) is 5.38. The van der Waals surface area contributed by atoms with Crippen molar-refractivity contribution in [2.24, 2.45) is 17.8 Å². The Hall–Kier alpha value is -1.76. The maximum absolute atomic E-state index is 14.6. The standard InChI is InChI=1S/C25H30F4/c1-2-3-17-8-11-20(12-9-17)21-15-23(26)22(24(27)16-21)13-10-18-4-6-19(7-5-18)14-25(28)29/h14-20H,2-9,11-12H2,1H3/t17-,18?,19?,20-. The molecule has 0 radical (unpaired) electrons. The lowest BCUT2D eigenvalue weighted by atomic mass is 9.77. The van der Waals surface area contributed by atoms with Gasteiger partial charge < -0.3 is 0 Å². The number of hydrogen-bond acceptors (Lipinski definition) is 0. The molecule has 0 aliphatic heterocycles. The molecule has 0 aromatic heterocycles. The maximum atomic E-state index is 14.6. The highest BCUT2D eigenvalue weighted by Gasteiger charge is 2.24. The maximum Gasteiger partial charge on any atom is 0.266 e. The first kappa shape index (κ1) is 21.9. The van der Waals surface area contributed by atoms with Crippen molar-refractivity contribution in [2.45, 2.75) is 77.0 Å². The second-order valence-corrected chi connectivity index (χ2v) is 8.70. The van der Waals surface area contributed by atoms with Crippen LogP contribution in [0, 0.1) is 41.2 Å². The van der Waals surface area contributed by atoms with Gasteiger partial charge in [0.2, 0.25) is 0 Å². The van der Waals surface area contributed by atoms with Gasteiger partial charge in [-0.3, -0.25) is 0 Å². The number of hydrogen-bond donors (Lipinski definition) is 0. The van der Waals surface area contributed by atoms with Crippen molar-refractivity contribution in [2.75, 3.05) is 0 Å². The fraction of sp³-hybridized carbons (Fsp3) is 0.600. The van der Waals surface area contributed by atoms with Gasteiger partial charge in [0.15, 0.2) is 0 Å². The molecule has 0 amide bonds. The van der Waals surface area contributed by atoms with Crippen molar-refractivity contribution in [3.63, 3.8) is 0 Å². The average Bonchev–Trinajstić information content (AvgIpc) is 2.69. The molecule has 2 aliphatic rings. The van der Waals surface area contributed by atoms with Gasteiger partial charge in [0.25, 0.3) is 6.08 Å². The molecule has 4 heteroatoms. The molecule has 0 heterocycles. The smallest absolute Gasteiger partial charge is 0.206 e. The average molecular weight is 407 g/mol. The third kappa shape index (κ3) is 6.11. The van der Waals surface area contributed by atoms with E-state index >= 15 is 0 Å². The summed E-state index contributed by atoms with van der Waals surface area (Å²) in [5, 5.41) is 0. The highest BCUT2D eigenvalue weighted by molar-refractivity contribution is 5.40. The molecule has 29 heavy (non-hydrogen) atoms. The van der Waals surface area contributed by atoms with Crippen molar-refractivity contribution in [1.82, 2.24) is 0 Å². The Morgan fingerprint density at radius 2 is 1.59 bits per heavy atom. The van der Waals surface area contributed by atoms with Gasteiger partial charge in [-0.05, 0) is 92.9 Å². The summed E-state index contributed by atoms with van der Waals surface area (Å²) in [5.41, 5.74) is 0.589. The van der Waals surface area contributed by atoms with Gasteiger partial charge in [-0.1, -0.05) is 31.6 Å². The van der Waals surface area contributed by atoms with Crippen molar-refractivity contribution in [3.05, 3.63) is 47.1 Å². The van der Waals surface area contributed by atoms with Crippen LogP contribution < -0.4 is 0 Å². The molecule has 0 spiro atoms. The second-order valence-electron chi connectivity index (χ2n) is 8.70. The molecule has 1 aromatic rings. The molecule has 2 saturated carbocycles. The number of rotatable bonds is 4. The largest absolute Gasteiger partial charge is 0.266 e. The van der Waals surface area contributed by atoms with Crippen molar-refractivity contribution >= 4 is 0 Å². The third-order valence-electron chi connectivity index (χ3n) is 6.61. The highest BCUT2D eigenvalue weighted by Crippen LogP contribution is 2.38. The molecular weight excluding hydrogens is 376 g/mol. The Labute approximate surface area is 171 Å². The van der Waals surface area contributed by atoms with E-state index in [0.717, 1.165) is 43.2 Å². The van der Waals surface area contributed by atoms with E-state index in [1.54, 1.807) is 0 Å². The summed E-state index contributed by atoms with van der Waals surface area (Å²) >= 11 is 0. The number of halogens is 4. The molecule has 0 saturated heterocycles. The molecule has 1 aromatic carbocycles. The lowest BCUT2D eigenvalue weighted by molar-refractivity contribution is 0.307. The topological polar surface area (TPSA) is 0 Å². The van der Waals surface area contributed by atoms with Crippen molar-refractivity contribution < 1.29 is 17.6 Å². The Morgan fingerprint density at radius 3 is 2.14 bits per heavy atom. The Bertz CT molecular complexity index is 743. The molecule has 0 nitrogen and oxygen atoms in total. The number of allylic oxidation sites excluding steroid dienone is 1. The summed E-state index contributed by atoms with van der Waals surface area (Å²) in [4.78, 5) is 0. The minimum absolute atomic E-state index is 0.00893. The van der Waals surface area contributed by atoms with E-state index in [4.69, 9.17) is 0 Å². The van der Waals surface area contributed by atoms with Crippen LogP contribution in [-0.4, -0.2) is 0 Å². The van der Waals surface area contributed by atoms with Crippen molar-refractivity contribution in [1.29, 1.82) is 0 Å². The number of benzene rings is 1. The zero-order valence-corrected chi connectivity index (χ0v) is 17.1. The molecule has 0 N–H and O–H groups in total. The Balaban J connectivity index is 1.63. The van der Waals surface area contributed by atoms with Gasteiger partial charge in [0.05, 0.1) is 5.56 Å². The molecule has 2 aliphatic carbocycles. The quantitative estimate of drug-likeness (QED) is 0.351. The summed E-state index contributed by atoms with van der Waals surface area (Å²) < 4.78 is 53.9. The Morgan fingerprint density at radius 1 is 0.966 bits per heavy atom. The monoisotopic (exact) mass is 406 g/mol. The first-order valence-electron chi connectivity index (χ1n) is 11.0. The van der Waals surface area contributed by atoms with Gasteiger partial charge in [0, 0.05) is 5.92 Å². The first-order valence-corrected chi connectivity index (χ1v) is 11.0. The predicted molar refractivity (Wildman–Crippen MR) is 109 cm³/mol. The minimum atomic E-state index is -1.64. The van der Waals surface area contributed by atoms with Gasteiger partial charge in [-0.2, -0.15) is 8.78 Å². The van der Waals surface area contributed by atoms with Crippen molar-refractivity contribution in [3.8, 4) is 11.8 Å². The van der Waals surface area contributed by atoms with E-state index in [9.17, 15) is 17.6 Å². The zero-order valence-electron chi connectivity index (χ0n) is 17.1. The zero-order chi connectivity index (χ0) is 20.8. The predicted octanol–water partition coefficient (Wildman–Crippen LogP) is 7.98. The molecule has 0 unspecified atom stereocenters. The lowest BCUT2D eigenvalue weighted by Crippen LogP contribution is -2.14. The minimum Gasteiger partial charge on any atom is -0.206 e. The second kappa shape index (κ2) is 10.3. The summed E-state index contributed by atoms with van der Waals surface area (Å²) in [6.07, 6.45) is 8.70. The van der Waals surface area contributed by atoms with Crippen LogP contribution in [0.3, 0.4) is 0 Å². The summed E-state index contributed by atoms with van der Waals surface area (Å²) in [7, 11) is 0. The van der Waals surface area contributed by atoms with E-state index in [1.807, 2.05) is 0 Å². The van der Waals surface area contributed by atoms with Crippen LogP contribution in [0.5, 0.6) is 0 Å². The summed E-state index contributed by atoms with van der Waals surface area (Å²) in [6.45, 7) is 2.20. The van der Waals surface area contributed by atoms with Gasteiger partial charge >= 0.3 is 0 Å².